The maximum atomic E-state index is 11.3. The molecule has 1 saturated heterocycles. The van der Waals surface area contributed by atoms with Crippen LogP contribution in [0.5, 0.6) is 0 Å². The minimum Gasteiger partial charge on any atom is -0.388 e. The topological polar surface area (TPSA) is 142 Å². The lowest BCUT2D eigenvalue weighted by Crippen LogP contribution is -2.34. The van der Waals surface area contributed by atoms with Crippen LogP contribution in [0.2, 0.25) is 0 Å². The molecule has 0 bridgehead atoms. The monoisotopic (exact) mass is 636 g/mol. The van der Waals surface area contributed by atoms with E-state index in [1.165, 1.54) is 35.2 Å². The van der Waals surface area contributed by atoms with Gasteiger partial charge in [0.1, 0.15) is 18.2 Å². The first-order chi connectivity index (χ1) is 23.1. The van der Waals surface area contributed by atoms with Gasteiger partial charge in [0.05, 0.1) is 24.3 Å². The van der Waals surface area contributed by atoms with Crippen molar-refractivity contribution in [3.63, 3.8) is 0 Å². The van der Waals surface area contributed by atoms with Crippen LogP contribution in [-0.2, 0) is 6.42 Å². The third-order valence-electron chi connectivity index (χ3n) is 9.65. The summed E-state index contributed by atoms with van der Waals surface area (Å²) < 4.78 is 1.88. The quantitative estimate of drug-likeness (QED) is 0.159. The van der Waals surface area contributed by atoms with Crippen LogP contribution in [0.25, 0.3) is 11.2 Å². The summed E-state index contributed by atoms with van der Waals surface area (Å²) in [4.78, 5) is 18.6. The molecule has 12 heteroatoms. The molecule has 2 aromatic carbocycles. The Bertz CT molecular complexity index is 1700. The predicted octanol–water partition coefficient (Wildman–Crippen LogP) is 4.03. The van der Waals surface area contributed by atoms with Crippen molar-refractivity contribution in [3.05, 3.63) is 90.0 Å². The van der Waals surface area contributed by atoms with E-state index in [-0.39, 0.29) is 5.92 Å². The van der Waals surface area contributed by atoms with Crippen molar-refractivity contribution in [1.29, 1.82) is 0 Å². The number of nitrogens with one attached hydrogen (secondary N) is 2. The summed E-state index contributed by atoms with van der Waals surface area (Å²) in [5.74, 6) is 1.21. The number of aliphatic hydroxyl groups is 2. The summed E-state index contributed by atoms with van der Waals surface area (Å²) in [6.45, 7) is 6.48. The van der Waals surface area contributed by atoms with Gasteiger partial charge in [-0.2, -0.15) is 25.0 Å². The van der Waals surface area contributed by atoms with Crippen LogP contribution in [0, 0.1) is 0 Å². The number of piperidine rings is 1. The van der Waals surface area contributed by atoms with E-state index in [0.29, 0.717) is 42.4 Å². The van der Waals surface area contributed by atoms with Gasteiger partial charge < -0.3 is 30.3 Å². The van der Waals surface area contributed by atoms with E-state index in [1.54, 1.807) is 12.5 Å². The molecule has 0 spiro atoms. The van der Waals surface area contributed by atoms with E-state index >= 15 is 0 Å². The predicted molar refractivity (Wildman–Crippen MR) is 181 cm³/mol. The van der Waals surface area contributed by atoms with Crippen molar-refractivity contribution in [2.75, 3.05) is 43.4 Å². The number of benzene rings is 2. The molecule has 12 nitrogen and oxygen atoms in total. The Labute approximate surface area is 274 Å². The van der Waals surface area contributed by atoms with Gasteiger partial charge in [-0.05, 0) is 49.9 Å². The number of rotatable bonds is 12. The molecule has 5 aromatic rings. The van der Waals surface area contributed by atoms with Crippen molar-refractivity contribution < 1.29 is 10.2 Å². The summed E-state index contributed by atoms with van der Waals surface area (Å²) in [5.41, 5.74) is 4.46. The van der Waals surface area contributed by atoms with Crippen molar-refractivity contribution in [2.24, 2.45) is 0 Å². The Morgan fingerprint density at radius 1 is 0.872 bits per heavy atom. The summed E-state index contributed by atoms with van der Waals surface area (Å²) in [5, 5.41) is 38.4. The zero-order valence-corrected chi connectivity index (χ0v) is 26.9. The second kappa shape index (κ2) is 14.2. The SMILES string of the molecule is CCc1cnn([C@H]2C[C@@H](n3cnc4c(NCC(c5ccccc5)c5ccccc5)nc(NCCN5CCCCC5)nc43)[C@H](O)[C@@H]2O)n1. The Kier molecular flexibility index (Phi) is 9.41. The number of fused-ring (bicyclic) bond motifs is 1. The Morgan fingerprint density at radius 2 is 1.57 bits per heavy atom. The number of hydrogen-bond acceptors (Lipinski definition) is 10. The fourth-order valence-electron chi connectivity index (χ4n) is 6.99. The molecule has 1 aliphatic heterocycles. The minimum atomic E-state index is -1.05. The zero-order chi connectivity index (χ0) is 32.2. The first-order valence-electron chi connectivity index (χ1n) is 16.9. The van der Waals surface area contributed by atoms with Crippen LogP contribution in [0.3, 0.4) is 0 Å². The van der Waals surface area contributed by atoms with Gasteiger partial charge in [-0.15, -0.1) is 0 Å². The average molecular weight is 637 g/mol. The minimum absolute atomic E-state index is 0.0853. The molecule has 4 N–H and O–H groups in total. The van der Waals surface area contributed by atoms with Gasteiger partial charge in [-0.25, -0.2) is 4.98 Å². The third kappa shape index (κ3) is 6.71. The van der Waals surface area contributed by atoms with Crippen molar-refractivity contribution in [3.8, 4) is 0 Å². The van der Waals surface area contributed by atoms with Crippen LogP contribution in [-0.4, -0.2) is 94.6 Å². The molecule has 7 rings (SSSR count). The number of imidazole rings is 1. The lowest BCUT2D eigenvalue weighted by atomic mass is 9.91. The smallest absolute Gasteiger partial charge is 0.226 e. The lowest BCUT2D eigenvalue weighted by molar-refractivity contribution is 0.00497. The maximum absolute atomic E-state index is 11.3. The molecule has 4 heterocycles. The first kappa shape index (κ1) is 31.2. The Balaban J connectivity index is 1.19. The average Bonchev–Trinajstić information content (AvgIpc) is 3.84. The number of nitrogens with zero attached hydrogens (tertiary/aromatic N) is 8. The van der Waals surface area contributed by atoms with Gasteiger partial charge in [0.2, 0.25) is 5.95 Å². The maximum Gasteiger partial charge on any atom is 0.226 e. The summed E-state index contributed by atoms with van der Waals surface area (Å²) >= 11 is 0. The number of aliphatic hydroxyl groups excluding tert-OH is 2. The first-order valence-corrected chi connectivity index (χ1v) is 16.9. The highest BCUT2D eigenvalue weighted by atomic mass is 16.3. The molecule has 1 saturated carbocycles. The van der Waals surface area contributed by atoms with Crippen LogP contribution < -0.4 is 10.6 Å². The van der Waals surface area contributed by atoms with Gasteiger partial charge in [-0.1, -0.05) is 74.0 Å². The van der Waals surface area contributed by atoms with Crippen molar-refractivity contribution >= 4 is 22.9 Å². The van der Waals surface area contributed by atoms with Gasteiger partial charge in [0.15, 0.2) is 17.0 Å². The molecule has 0 radical (unpaired) electrons. The molecule has 47 heavy (non-hydrogen) atoms. The van der Waals surface area contributed by atoms with Gasteiger partial charge in [-0.3, -0.25) is 0 Å². The zero-order valence-electron chi connectivity index (χ0n) is 26.9. The number of likely N-dealkylation sites (tertiary alicyclic amines) is 1. The standard InChI is InChI=1S/C35H44N10O2/c1-2-26-21-39-45(42-26)29-20-28(31(46)32(29)47)44-23-38-30-33(40-35(41-34(30)44)36-16-19-43-17-10-5-11-18-43)37-22-27(24-12-6-3-7-13-24)25-14-8-4-9-15-25/h3-4,6-9,12-15,21,23,27-29,31-32,46-47H,2,5,10-11,16-20,22H2,1H3,(H2,36,37,40,41)/t28-,29+,31+,32-/m1/s1. The van der Waals surface area contributed by atoms with Gasteiger partial charge in [0, 0.05) is 25.6 Å². The number of aromatic nitrogens is 7. The van der Waals surface area contributed by atoms with E-state index < -0.39 is 24.3 Å². The highest BCUT2D eigenvalue weighted by Crippen LogP contribution is 2.40. The highest BCUT2D eigenvalue weighted by Gasteiger charge is 2.45. The summed E-state index contributed by atoms with van der Waals surface area (Å²) in [7, 11) is 0. The number of aryl methyl sites for hydroxylation is 1. The van der Waals surface area contributed by atoms with E-state index in [9.17, 15) is 10.2 Å². The van der Waals surface area contributed by atoms with Gasteiger partial charge >= 0.3 is 0 Å². The number of hydrogen-bond donors (Lipinski definition) is 4. The summed E-state index contributed by atoms with van der Waals surface area (Å²) in [6, 6.07) is 20.0. The fraction of sp³-hybridized carbons (Fsp3) is 0.457. The lowest BCUT2D eigenvalue weighted by Gasteiger charge is -2.26. The van der Waals surface area contributed by atoms with Crippen LogP contribution in [0.15, 0.2) is 73.2 Å². The highest BCUT2D eigenvalue weighted by molar-refractivity contribution is 5.84. The molecule has 0 unspecified atom stereocenters. The third-order valence-corrected chi connectivity index (χ3v) is 9.65. The molecule has 0 amide bonds. The normalized spacial score (nSPS) is 21.9. The molecular weight excluding hydrogens is 592 g/mol. The van der Waals surface area contributed by atoms with Gasteiger partial charge in [0.25, 0.3) is 0 Å². The Morgan fingerprint density at radius 3 is 2.26 bits per heavy atom. The number of anilines is 2. The van der Waals surface area contributed by atoms with E-state index in [4.69, 9.17) is 15.0 Å². The fourth-order valence-corrected chi connectivity index (χ4v) is 6.99. The summed E-state index contributed by atoms with van der Waals surface area (Å²) in [6.07, 6.45) is 6.29. The van der Waals surface area contributed by atoms with Crippen molar-refractivity contribution in [2.45, 2.75) is 69.2 Å². The largest absolute Gasteiger partial charge is 0.388 e. The van der Waals surface area contributed by atoms with E-state index in [2.05, 4.69) is 74.3 Å². The van der Waals surface area contributed by atoms with Crippen LogP contribution in [0.1, 0.15) is 67.4 Å². The molecular formula is C35H44N10O2. The molecule has 3 aromatic heterocycles. The van der Waals surface area contributed by atoms with Crippen LogP contribution >= 0.6 is 0 Å². The molecule has 1 aliphatic carbocycles. The second-order valence-electron chi connectivity index (χ2n) is 12.7. The van der Waals surface area contributed by atoms with E-state index in [1.807, 2.05) is 23.6 Å². The van der Waals surface area contributed by atoms with E-state index in [0.717, 1.165) is 31.7 Å². The molecule has 246 valence electrons. The Hall–Kier alpha value is -4.39. The van der Waals surface area contributed by atoms with Crippen molar-refractivity contribution in [1.82, 2.24) is 39.4 Å². The molecule has 2 fully saturated rings. The van der Waals surface area contributed by atoms with Crippen LogP contribution in [0.4, 0.5) is 11.8 Å². The molecule has 2 aliphatic rings. The second-order valence-corrected chi connectivity index (χ2v) is 12.7. The molecule has 4 atom stereocenters.